The third-order valence-electron chi connectivity index (χ3n) is 5.96. The zero-order valence-electron chi connectivity index (χ0n) is 17.9. The van der Waals surface area contributed by atoms with Crippen molar-refractivity contribution >= 4 is 27.6 Å². The smallest absolute Gasteiger partial charge is 0.225 e. The molecule has 9 nitrogen and oxygen atoms in total. The molecule has 0 spiro atoms. The van der Waals surface area contributed by atoms with Crippen LogP contribution in [0.4, 0.5) is 5.95 Å². The number of aryl methyl sites for hydroxylation is 1. The lowest BCUT2D eigenvalue weighted by atomic mass is 9.98. The Hall–Kier alpha value is -1.75. The summed E-state index contributed by atoms with van der Waals surface area (Å²) >= 11 is 6.53. The van der Waals surface area contributed by atoms with Crippen molar-refractivity contribution in [1.29, 1.82) is 0 Å². The van der Waals surface area contributed by atoms with E-state index in [1.807, 2.05) is 17.7 Å². The predicted molar refractivity (Wildman–Crippen MR) is 119 cm³/mol. The summed E-state index contributed by atoms with van der Waals surface area (Å²) < 4.78 is 34.8. The summed E-state index contributed by atoms with van der Waals surface area (Å²) in [6.07, 6.45) is 8.60. The van der Waals surface area contributed by atoms with Crippen LogP contribution in [-0.4, -0.2) is 66.3 Å². The number of aromatic nitrogens is 4. The molecule has 0 saturated carbocycles. The second-order valence-corrected chi connectivity index (χ2v) is 10.3. The second-order valence-electron chi connectivity index (χ2n) is 8.18. The van der Waals surface area contributed by atoms with E-state index in [1.54, 1.807) is 12.4 Å². The maximum Gasteiger partial charge on any atom is 0.225 e. The van der Waals surface area contributed by atoms with E-state index in [0.717, 1.165) is 49.7 Å². The molecule has 1 fully saturated rings. The van der Waals surface area contributed by atoms with Gasteiger partial charge < -0.3 is 9.64 Å². The summed E-state index contributed by atoms with van der Waals surface area (Å²) in [5.74, 6) is 0.744. The van der Waals surface area contributed by atoms with Gasteiger partial charge in [-0.3, -0.25) is 4.68 Å². The fraction of sp³-hybridized carbons (Fsp3) is 0.650. The van der Waals surface area contributed by atoms with Gasteiger partial charge in [0.05, 0.1) is 41.4 Å². The molecule has 4 heterocycles. The number of nitrogens with zero attached hydrogens (tertiary/aromatic N) is 5. The van der Waals surface area contributed by atoms with Gasteiger partial charge in [0.1, 0.15) is 0 Å². The Bertz CT molecular complexity index is 992. The minimum atomic E-state index is -3.35. The van der Waals surface area contributed by atoms with Crippen LogP contribution in [0.15, 0.2) is 18.5 Å². The Labute approximate surface area is 188 Å². The molecule has 4 rings (SSSR count). The lowest BCUT2D eigenvalue weighted by molar-refractivity contribution is 0.00600. The van der Waals surface area contributed by atoms with E-state index >= 15 is 0 Å². The van der Waals surface area contributed by atoms with Crippen LogP contribution in [0.25, 0.3) is 0 Å². The maximum absolute atomic E-state index is 11.9. The molecule has 1 saturated heterocycles. The minimum Gasteiger partial charge on any atom is -0.376 e. The van der Waals surface area contributed by atoms with Crippen LogP contribution in [0.3, 0.4) is 0 Å². The van der Waals surface area contributed by atoms with Gasteiger partial charge in [0.25, 0.3) is 0 Å². The van der Waals surface area contributed by atoms with Crippen molar-refractivity contribution in [2.75, 3.05) is 30.9 Å². The van der Waals surface area contributed by atoms with Gasteiger partial charge in [-0.1, -0.05) is 18.5 Å². The molecule has 2 aliphatic rings. The molecule has 0 aromatic carbocycles. The van der Waals surface area contributed by atoms with E-state index in [4.69, 9.17) is 21.4 Å². The van der Waals surface area contributed by atoms with Crippen molar-refractivity contribution in [1.82, 2.24) is 24.5 Å². The number of fused-ring (bicyclic) bond motifs is 1. The third kappa shape index (κ3) is 5.19. The van der Waals surface area contributed by atoms with Crippen LogP contribution in [0.1, 0.15) is 43.6 Å². The Morgan fingerprint density at radius 3 is 2.58 bits per heavy atom. The number of hydrogen-bond acceptors (Lipinski definition) is 7. The van der Waals surface area contributed by atoms with Crippen molar-refractivity contribution in [2.45, 2.75) is 57.2 Å². The van der Waals surface area contributed by atoms with Crippen LogP contribution in [-0.2, 0) is 27.6 Å². The molecular formula is C20H29ClN6O3S. The Kier molecular flexibility index (Phi) is 6.80. The quantitative estimate of drug-likeness (QED) is 0.662. The average molecular weight is 469 g/mol. The lowest BCUT2D eigenvalue weighted by Gasteiger charge is -2.36. The molecule has 0 amide bonds. The van der Waals surface area contributed by atoms with E-state index in [9.17, 15) is 8.42 Å². The first-order chi connectivity index (χ1) is 14.9. The summed E-state index contributed by atoms with van der Waals surface area (Å²) in [6.45, 7) is 4.04. The highest BCUT2D eigenvalue weighted by atomic mass is 35.5. The zero-order chi connectivity index (χ0) is 22.0. The Morgan fingerprint density at radius 1 is 1.23 bits per heavy atom. The topological polar surface area (TPSA) is 102 Å². The highest BCUT2D eigenvalue weighted by Crippen LogP contribution is 2.33. The summed E-state index contributed by atoms with van der Waals surface area (Å²) in [6, 6.07) is 1.30. The molecule has 2 aromatic heterocycles. The van der Waals surface area contributed by atoms with Gasteiger partial charge in [0.15, 0.2) is 0 Å². The zero-order valence-corrected chi connectivity index (χ0v) is 19.4. The highest BCUT2D eigenvalue weighted by Gasteiger charge is 2.35. The largest absolute Gasteiger partial charge is 0.376 e. The summed E-state index contributed by atoms with van der Waals surface area (Å²) in [5, 5.41) is 5.39. The van der Waals surface area contributed by atoms with Crippen molar-refractivity contribution < 1.29 is 13.2 Å². The summed E-state index contributed by atoms with van der Waals surface area (Å²) in [7, 11) is -3.35. The van der Waals surface area contributed by atoms with E-state index in [0.29, 0.717) is 24.5 Å². The molecule has 2 aromatic rings. The standard InChI is InChI=1S/C20H29ClN6O3S/c1-3-15-19(21)17-6-5-16(25-31(2,28)29)18(27(17)24-15)13-30-14-7-11-26(12-8-14)20-22-9-4-10-23-20/h4,9-10,14,16,18,25H,3,5-8,11-13H2,1-2H3. The predicted octanol–water partition coefficient (Wildman–Crippen LogP) is 1.98. The highest BCUT2D eigenvalue weighted by molar-refractivity contribution is 7.88. The molecule has 31 heavy (non-hydrogen) atoms. The van der Waals surface area contributed by atoms with Gasteiger partial charge in [0, 0.05) is 31.5 Å². The minimum absolute atomic E-state index is 0.0981. The molecule has 1 N–H and O–H groups in total. The molecule has 2 unspecified atom stereocenters. The van der Waals surface area contributed by atoms with Crippen molar-refractivity contribution in [3.63, 3.8) is 0 Å². The first-order valence-corrected chi connectivity index (χ1v) is 13.0. The monoisotopic (exact) mass is 468 g/mol. The number of halogens is 1. The molecule has 170 valence electrons. The van der Waals surface area contributed by atoms with Gasteiger partial charge in [0.2, 0.25) is 16.0 Å². The number of sulfonamides is 1. The van der Waals surface area contributed by atoms with Gasteiger partial charge in [-0.15, -0.1) is 0 Å². The molecule has 2 aliphatic heterocycles. The van der Waals surface area contributed by atoms with Gasteiger partial charge in [-0.05, 0) is 38.2 Å². The fourth-order valence-corrected chi connectivity index (χ4v) is 5.57. The number of ether oxygens (including phenoxy) is 1. The van der Waals surface area contributed by atoms with E-state index in [1.165, 1.54) is 6.26 Å². The van der Waals surface area contributed by atoms with E-state index in [2.05, 4.69) is 19.6 Å². The average Bonchev–Trinajstić information content (AvgIpc) is 3.08. The third-order valence-corrected chi connectivity index (χ3v) is 7.13. The molecular weight excluding hydrogens is 440 g/mol. The molecule has 11 heteroatoms. The van der Waals surface area contributed by atoms with Crippen molar-refractivity contribution in [3.05, 3.63) is 34.9 Å². The van der Waals surface area contributed by atoms with Crippen LogP contribution in [0.5, 0.6) is 0 Å². The SMILES string of the molecule is CCc1nn2c(c1Cl)CCC(NS(C)(=O)=O)C2COC1CCN(c2ncccn2)CC1. The molecule has 0 bridgehead atoms. The molecule has 2 atom stereocenters. The van der Waals surface area contributed by atoms with Crippen LogP contribution in [0, 0.1) is 0 Å². The Morgan fingerprint density at radius 2 is 1.94 bits per heavy atom. The summed E-state index contributed by atoms with van der Waals surface area (Å²) in [4.78, 5) is 10.8. The Balaban J connectivity index is 1.44. The van der Waals surface area contributed by atoms with Crippen molar-refractivity contribution in [2.24, 2.45) is 0 Å². The number of rotatable bonds is 7. The number of piperidine rings is 1. The first kappa shape index (κ1) is 22.4. The normalized spacial score (nSPS) is 22.5. The van der Waals surface area contributed by atoms with Crippen LogP contribution >= 0.6 is 11.6 Å². The number of nitrogens with one attached hydrogen (secondary N) is 1. The van der Waals surface area contributed by atoms with E-state index in [-0.39, 0.29) is 18.2 Å². The molecule has 0 aliphatic carbocycles. The van der Waals surface area contributed by atoms with Gasteiger partial charge in [-0.25, -0.2) is 23.1 Å². The summed E-state index contributed by atoms with van der Waals surface area (Å²) in [5.41, 5.74) is 1.81. The van der Waals surface area contributed by atoms with Gasteiger partial charge >= 0.3 is 0 Å². The first-order valence-electron chi connectivity index (χ1n) is 10.7. The van der Waals surface area contributed by atoms with Crippen LogP contribution < -0.4 is 9.62 Å². The van der Waals surface area contributed by atoms with Gasteiger partial charge in [-0.2, -0.15) is 5.10 Å². The van der Waals surface area contributed by atoms with E-state index < -0.39 is 10.0 Å². The van der Waals surface area contributed by atoms with Crippen LogP contribution in [0.2, 0.25) is 5.02 Å². The lowest BCUT2D eigenvalue weighted by Crippen LogP contribution is -2.47. The number of anilines is 1. The number of hydrogen-bond donors (Lipinski definition) is 1. The maximum atomic E-state index is 11.9. The second kappa shape index (κ2) is 9.40. The fourth-order valence-electron chi connectivity index (χ4n) is 4.39. The van der Waals surface area contributed by atoms with Crippen molar-refractivity contribution in [3.8, 4) is 0 Å². The molecule has 0 radical (unpaired) electrons.